The van der Waals surface area contributed by atoms with Crippen LogP contribution in [0.1, 0.15) is 16.6 Å². The lowest BCUT2D eigenvalue weighted by atomic mass is 10.2. The minimum atomic E-state index is -0.268. The molecule has 3 rings (SSSR count). The van der Waals surface area contributed by atoms with Crippen LogP contribution >= 0.6 is 22.9 Å². The summed E-state index contributed by atoms with van der Waals surface area (Å²) in [7, 11) is 0. The first-order valence-corrected chi connectivity index (χ1v) is 8.62. The fourth-order valence-corrected chi connectivity index (χ4v) is 3.34. The van der Waals surface area contributed by atoms with Gasteiger partial charge >= 0.3 is 0 Å². The molecule has 0 aliphatic carbocycles. The van der Waals surface area contributed by atoms with Gasteiger partial charge in [-0.2, -0.15) is 0 Å². The molecule has 0 radical (unpaired) electrons. The molecule has 7 heteroatoms. The number of thiazole rings is 1. The Labute approximate surface area is 153 Å². The van der Waals surface area contributed by atoms with E-state index in [1.54, 1.807) is 30.3 Å². The first-order valence-electron chi connectivity index (χ1n) is 7.42. The molecule has 0 atom stereocenters. The van der Waals surface area contributed by atoms with Gasteiger partial charge in [0.25, 0.3) is 5.91 Å². The number of hydrogen-bond donors (Lipinski definition) is 2. The van der Waals surface area contributed by atoms with Gasteiger partial charge in [0.1, 0.15) is 9.88 Å². The second-order valence-electron chi connectivity index (χ2n) is 5.23. The number of halogens is 1. The molecular weight excluding hydrogens is 358 g/mol. The zero-order valence-electron chi connectivity index (χ0n) is 13.2. The SMILES string of the molecule is CC(=O)Nc1cccc(NC(=O)c2cnc(-c3ccccc3Cl)s2)c1. The van der Waals surface area contributed by atoms with E-state index in [2.05, 4.69) is 15.6 Å². The van der Waals surface area contributed by atoms with E-state index in [1.165, 1.54) is 24.5 Å². The minimum Gasteiger partial charge on any atom is -0.326 e. The number of carbonyl (C=O) groups is 2. The highest BCUT2D eigenvalue weighted by Gasteiger charge is 2.13. The van der Waals surface area contributed by atoms with E-state index >= 15 is 0 Å². The van der Waals surface area contributed by atoms with Gasteiger partial charge in [-0.15, -0.1) is 11.3 Å². The van der Waals surface area contributed by atoms with Crippen LogP contribution in [-0.4, -0.2) is 16.8 Å². The van der Waals surface area contributed by atoms with Crippen LogP contribution in [-0.2, 0) is 4.79 Å². The molecule has 2 aromatic carbocycles. The van der Waals surface area contributed by atoms with Crippen LogP contribution in [0.25, 0.3) is 10.6 Å². The molecule has 0 fully saturated rings. The van der Waals surface area contributed by atoms with E-state index in [0.717, 1.165) is 5.56 Å². The van der Waals surface area contributed by atoms with Gasteiger partial charge in [0.2, 0.25) is 5.91 Å². The van der Waals surface area contributed by atoms with Crippen molar-refractivity contribution in [2.24, 2.45) is 0 Å². The molecule has 1 heterocycles. The number of nitrogens with one attached hydrogen (secondary N) is 2. The minimum absolute atomic E-state index is 0.171. The maximum atomic E-state index is 12.4. The van der Waals surface area contributed by atoms with Crippen molar-refractivity contribution >= 4 is 46.1 Å². The maximum absolute atomic E-state index is 12.4. The van der Waals surface area contributed by atoms with Gasteiger partial charge in [-0.1, -0.05) is 35.9 Å². The van der Waals surface area contributed by atoms with Crippen molar-refractivity contribution in [2.75, 3.05) is 10.6 Å². The van der Waals surface area contributed by atoms with Crippen LogP contribution in [0.15, 0.2) is 54.7 Å². The second-order valence-corrected chi connectivity index (χ2v) is 6.66. The van der Waals surface area contributed by atoms with Crippen molar-refractivity contribution in [1.29, 1.82) is 0 Å². The van der Waals surface area contributed by atoms with Crippen molar-refractivity contribution < 1.29 is 9.59 Å². The van der Waals surface area contributed by atoms with Gasteiger partial charge in [0.15, 0.2) is 0 Å². The zero-order valence-corrected chi connectivity index (χ0v) is 14.8. The summed E-state index contributed by atoms with van der Waals surface area (Å²) in [5, 5.41) is 6.75. The number of carbonyl (C=O) groups excluding carboxylic acids is 2. The van der Waals surface area contributed by atoms with Crippen LogP contribution in [0.2, 0.25) is 5.02 Å². The highest BCUT2D eigenvalue weighted by molar-refractivity contribution is 7.17. The van der Waals surface area contributed by atoms with Crippen LogP contribution < -0.4 is 10.6 Å². The number of rotatable bonds is 4. The highest BCUT2D eigenvalue weighted by atomic mass is 35.5. The van der Waals surface area contributed by atoms with E-state index < -0.39 is 0 Å². The number of benzene rings is 2. The fourth-order valence-electron chi connectivity index (χ4n) is 2.21. The van der Waals surface area contributed by atoms with E-state index in [9.17, 15) is 9.59 Å². The summed E-state index contributed by atoms with van der Waals surface area (Å²) in [6.45, 7) is 1.43. The lowest BCUT2D eigenvalue weighted by molar-refractivity contribution is -0.114. The van der Waals surface area contributed by atoms with Crippen molar-refractivity contribution in [1.82, 2.24) is 4.98 Å². The first-order chi connectivity index (χ1) is 12.0. The molecule has 0 spiro atoms. The van der Waals surface area contributed by atoms with Gasteiger partial charge in [-0.05, 0) is 24.3 Å². The van der Waals surface area contributed by atoms with E-state index in [-0.39, 0.29) is 11.8 Å². The van der Waals surface area contributed by atoms with E-state index in [1.807, 2.05) is 18.2 Å². The first kappa shape index (κ1) is 17.1. The molecular formula is C18H14ClN3O2S. The molecule has 25 heavy (non-hydrogen) atoms. The molecule has 0 unspecified atom stereocenters. The third kappa shape index (κ3) is 4.23. The summed E-state index contributed by atoms with van der Waals surface area (Å²) >= 11 is 7.43. The van der Waals surface area contributed by atoms with E-state index in [0.29, 0.717) is 26.3 Å². The topological polar surface area (TPSA) is 71.1 Å². The van der Waals surface area contributed by atoms with Crippen LogP contribution in [0, 0.1) is 0 Å². The van der Waals surface area contributed by atoms with Crippen LogP contribution in [0.4, 0.5) is 11.4 Å². The molecule has 3 aromatic rings. The predicted octanol–water partition coefficient (Wildman–Crippen LogP) is 4.67. The van der Waals surface area contributed by atoms with Gasteiger partial charge in [-0.25, -0.2) is 4.98 Å². The summed E-state index contributed by atoms with van der Waals surface area (Å²) in [6.07, 6.45) is 1.52. The molecule has 0 aliphatic heterocycles. The summed E-state index contributed by atoms with van der Waals surface area (Å²) in [4.78, 5) is 28.3. The number of aromatic nitrogens is 1. The lowest BCUT2D eigenvalue weighted by Crippen LogP contribution is -2.11. The molecule has 126 valence electrons. The standard InChI is InChI=1S/C18H14ClN3O2S/c1-11(23)21-12-5-4-6-13(9-12)22-17(24)16-10-20-18(25-16)14-7-2-3-8-15(14)19/h2-10H,1H3,(H,21,23)(H,22,24). The molecule has 0 aliphatic rings. The number of amides is 2. The monoisotopic (exact) mass is 371 g/mol. The van der Waals surface area contributed by atoms with Crippen molar-refractivity contribution in [3.63, 3.8) is 0 Å². The zero-order chi connectivity index (χ0) is 17.8. The van der Waals surface area contributed by atoms with Crippen molar-refractivity contribution in [3.05, 3.63) is 64.6 Å². The van der Waals surface area contributed by atoms with Crippen LogP contribution in [0.5, 0.6) is 0 Å². The van der Waals surface area contributed by atoms with Gasteiger partial charge < -0.3 is 10.6 Å². The quantitative estimate of drug-likeness (QED) is 0.699. The normalized spacial score (nSPS) is 10.3. The Kier molecular flexibility index (Phi) is 5.11. The summed E-state index contributed by atoms with van der Waals surface area (Å²) in [5.74, 6) is -0.439. The summed E-state index contributed by atoms with van der Waals surface area (Å²) in [5.41, 5.74) is 2.00. The highest BCUT2D eigenvalue weighted by Crippen LogP contribution is 2.31. The molecule has 0 saturated carbocycles. The Balaban J connectivity index is 1.76. The fraction of sp³-hybridized carbons (Fsp3) is 0.0556. The summed E-state index contributed by atoms with van der Waals surface area (Å²) < 4.78 is 0. The van der Waals surface area contributed by atoms with E-state index in [4.69, 9.17) is 11.6 Å². The Morgan fingerprint density at radius 2 is 1.76 bits per heavy atom. The third-order valence-corrected chi connectivity index (χ3v) is 4.63. The van der Waals surface area contributed by atoms with Gasteiger partial charge in [0.05, 0.1) is 11.2 Å². The average molecular weight is 372 g/mol. The largest absolute Gasteiger partial charge is 0.326 e. The number of hydrogen-bond acceptors (Lipinski definition) is 4. The predicted molar refractivity (Wildman–Crippen MR) is 101 cm³/mol. The van der Waals surface area contributed by atoms with Gasteiger partial charge in [-0.3, -0.25) is 9.59 Å². The average Bonchev–Trinajstić information content (AvgIpc) is 3.05. The Morgan fingerprint density at radius 1 is 1.04 bits per heavy atom. The second kappa shape index (κ2) is 7.46. The number of anilines is 2. The maximum Gasteiger partial charge on any atom is 0.267 e. The smallest absolute Gasteiger partial charge is 0.267 e. The Morgan fingerprint density at radius 3 is 2.48 bits per heavy atom. The Bertz CT molecular complexity index is 939. The molecule has 5 nitrogen and oxygen atoms in total. The Hall–Kier alpha value is -2.70. The third-order valence-electron chi connectivity index (χ3n) is 3.27. The van der Waals surface area contributed by atoms with Gasteiger partial charge in [0, 0.05) is 23.9 Å². The molecule has 2 amide bonds. The molecule has 2 N–H and O–H groups in total. The number of nitrogens with zero attached hydrogens (tertiary/aromatic N) is 1. The lowest BCUT2D eigenvalue weighted by Gasteiger charge is -2.06. The molecule has 1 aromatic heterocycles. The summed E-state index contributed by atoms with van der Waals surface area (Å²) in [6, 6.07) is 14.3. The molecule has 0 saturated heterocycles. The van der Waals surface area contributed by atoms with Crippen molar-refractivity contribution in [2.45, 2.75) is 6.92 Å². The van der Waals surface area contributed by atoms with Crippen molar-refractivity contribution in [3.8, 4) is 10.6 Å². The molecule has 0 bridgehead atoms. The van der Waals surface area contributed by atoms with Crippen LogP contribution in [0.3, 0.4) is 0 Å².